The minimum atomic E-state index is -3.60. The van der Waals surface area contributed by atoms with E-state index < -0.39 is 10.0 Å². The summed E-state index contributed by atoms with van der Waals surface area (Å²) in [5.41, 5.74) is 2.46. The zero-order valence-corrected chi connectivity index (χ0v) is 15.1. The number of carbonyl (C=O) groups is 1. The van der Waals surface area contributed by atoms with Crippen molar-refractivity contribution in [2.45, 2.75) is 38.5 Å². The first-order valence-electron chi connectivity index (χ1n) is 7.76. The van der Waals surface area contributed by atoms with Crippen LogP contribution < -0.4 is 15.4 Å². The molecule has 130 valence electrons. The summed E-state index contributed by atoms with van der Waals surface area (Å²) < 4.78 is 27.3. The molecule has 0 unspecified atom stereocenters. The first-order valence-corrected chi connectivity index (χ1v) is 9.25. The summed E-state index contributed by atoms with van der Waals surface area (Å²) in [5, 5.41) is 5.75. The molecule has 0 saturated heterocycles. The van der Waals surface area contributed by atoms with Crippen molar-refractivity contribution in [3.05, 3.63) is 28.8 Å². The van der Waals surface area contributed by atoms with Crippen LogP contribution in [0.15, 0.2) is 17.0 Å². The summed E-state index contributed by atoms with van der Waals surface area (Å²) in [5.74, 6) is -0.152. The lowest BCUT2D eigenvalue weighted by atomic mass is 10.1. The number of benzene rings is 1. The van der Waals surface area contributed by atoms with Gasteiger partial charge in [0.05, 0.1) is 4.90 Å². The second-order valence-electron chi connectivity index (χ2n) is 5.68. The van der Waals surface area contributed by atoms with Crippen molar-refractivity contribution in [1.82, 2.24) is 15.4 Å². The third-order valence-corrected chi connectivity index (χ3v) is 5.21. The van der Waals surface area contributed by atoms with Gasteiger partial charge < -0.3 is 10.6 Å². The molecule has 1 aromatic rings. The number of sulfonamides is 1. The molecule has 6 nitrogen and oxygen atoms in total. The van der Waals surface area contributed by atoms with E-state index in [1.165, 1.54) is 0 Å². The highest BCUT2D eigenvalue weighted by Crippen LogP contribution is 2.21. The summed E-state index contributed by atoms with van der Waals surface area (Å²) in [7, 11) is -1.75. The van der Waals surface area contributed by atoms with Gasteiger partial charge in [-0.1, -0.05) is 17.7 Å². The van der Waals surface area contributed by atoms with Gasteiger partial charge in [-0.3, -0.25) is 4.79 Å². The van der Waals surface area contributed by atoms with Gasteiger partial charge in [-0.2, -0.15) is 0 Å². The molecule has 0 radical (unpaired) electrons. The topological polar surface area (TPSA) is 87.3 Å². The zero-order chi connectivity index (χ0) is 17.5. The number of amides is 1. The van der Waals surface area contributed by atoms with E-state index in [2.05, 4.69) is 15.4 Å². The van der Waals surface area contributed by atoms with E-state index >= 15 is 0 Å². The SMILES string of the molecule is CNCCCNC(=O)CCNS(=O)(=O)c1c(C)cc(C)cc1C. The van der Waals surface area contributed by atoms with Gasteiger partial charge in [0, 0.05) is 19.5 Å². The van der Waals surface area contributed by atoms with Crippen molar-refractivity contribution in [2.75, 3.05) is 26.7 Å². The Kier molecular flexibility index (Phi) is 7.67. The van der Waals surface area contributed by atoms with Gasteiger partial charge in [-0.05, 0) is 51.9 Å². The number of carbonyl (C=O) groups excluding carboxylic acids is 1. The molecule has 0 fully saturated rings. The fraction of sp³-hybridized carbons (Fsp3) is 0.562. The second kappa shape index (κ2) is 9.00. The lowest BCUT2D eigenvalue weighted by Crippen LogP contribution is -2.32. The molecule has 0 aromatic heterocycles. The molecule has 0 heterocycles. The smallest absolute Gasteiger partial charge is 0.241 e. The van der Waals surface area contributed by atoms with Gasteiger partial charge in [0.25, 0.3) is 0 Å². The third kappa shape index (κ3) is 6.29. The molecule has 1 rings (SSSR count). The summed E-state index contributed by atoms with van der Waals surface area (Å²) in [6.45, 7) is 7.00. The predicted molar refractivity (Wildman–Crippen MR) is 92.0 cm³/mol. The van der Waals surface area contributed by atoms with Crippen LogP contribution in [-0.2, 0) is 14.8 Å². The minimum Gasteiger partial charge on any atom is -0.356 e. The highest BCUT2D eigenvalue weighted by Gasteiger charge is 2.19. The average Bonchev–Trinajstić information content (AvgIpc) is 2.41. The van der Waals surface area contributed by atoms with Crippen LogP contribution in [-0.4, -0.2) is 41.0 Å². The molecule has 0 bridgehead atoms. The van der Waals surface area contributed by atoms with Gasteiger partial charge in [-0.15, -0.1) is 0 Å². The van der Waals surface area contributed by atoms with E-state index in [0.717, 1.165) is 18.5 Å². The molecule has 0 aliphatic rings. The average molecular weight is 341 g/mol. The summed E-state index contributed by atoms with van der Waals surface area (Å²) in [6, 6.07) is 3.69. The van der Waals surface area contributed by atoms with Crippen molar-refractivity contribution >= 4 is 15.9 Å². The van der Waals surface area contributed by atoms with Gasteiger partial charge in [0.15, 0.2) is 0 Å². The number of hydrogen-bond acceptors (Lipinski definition) is 4. The standard InChI is InChI=1S/C16H27N3O3S/c1-12-10-13(2)16(14(3)11-12)23(21,22)19-9-6-15(20)18-8-5-7-17-4/h10-11,17,19H,5-9H2,1-4H3,(H,18,20). The Morgan fingerprint density at radius 2 is 1.65 bits per heavy atom. The molecule has 1 amide bonds. The molecule has 0 aliphatic heterocycles. The first-order chi connectivity index (χ1) is 10.8. The summed E-state index contributed by atoms with van der Waals surface area (Å²) in [6.07, 6.45) is 0.971. The maximum Gasteiger partial charge on any atom is 0.241 e. The lowest BCUT2D eigenvalue weighted by molar-refractivity contribution is -0.120. The van der Waals surface area contributed by atoms with E-state index in [9.17, 15) is 13.2 Å². The third-order valence-electron chi connectivity index (χ3n) is 3.44. The zero-order valence-electron chi connectivity index (χ0n) is 14.3. The largest absolute Gasteiger partial charge is 0.356 e. The maximum absolute atomic E-state index is 12.4. The number of hydrogen-bond donors (Lipinski definition) is 3. The molecule has 0 atom stereocenters. The highest BCUT2D eigenvalue weighted by atomic mass is 32.2. The van der Waals surface area contributed by atoms with E-state index in [0.29, 0.717) is 22.6 Å². The Hall–Kier alpha value is -1.44. The van der Waals surface area contributed by atoms with Crippen molar-refractivity contribution in [3.63, 3.8) is 0 Å². The van der Waals surface area contributed by atoms with Crippen LogP contribution in [0, 0.1) is 20.8 Å². The predicted octanol–water partition coefficient (Wildman–Crippen LogP) is 1.01. The van der Waals surface area contributed by atoms with Crippen LogP contribution in [0.1, 0.15) is 29.5 Å². The highest BCUT2D eigenvalue weighted by molar-refractivity contribution is 7.89. The number of rotatable bonds is 9. The van der Waals surface area contributed by atoms with Crippen LogP contribution in [0.4, 0.5) is 0 Å². The number of nitrogens with one attached hydrogen (secondary N) is 3. The van der Waals surface area contributed by atoms with Crippen LogP contribution in [0.3, 0.4) is 0 Å². The van der Waals surface area contributed by atoms with Gasteiger partial charge in [-0.25, -0.2) is 13.1 Å². The van der Waals surface area contributed by atoms with Gasteiger partial charge in [0.2, 0.25) is 15.9 Å². The summed E-state index contributed by atoms with van der Waals surface area (Å²) in [4.78, 5) is 11.9. The Bertz CT molecular complexity index is 619. The van der Waals surface area contributed by atoms with Gasteiger partial charge >= 0.3 is 0 Å². The van der Waals surface area contributed by atoms with Gasteiger partial charge in [0.1, 0.15) is 0 Å². The molecule has 23 heavy (non-hydrogen) atoms. The first kappa shape index (κ1) is 19.6. The van der Waals surface area contributed by atoms with E-state index in [1.807, 2.05) is 26.1 Å². The van der Waals surface area contributed by atoms with Crippen molar-refractivity contribution in [2.24, 2.45) is 0 Å². The summed E-state index contributed by atoms with van der Waals surface area (Å²) >= 11 is 0. The molecule has 1 aromatic carbocycles. The number of aryl methyl sites for hydroxylation is 3. The Balaban J connectivity index is 2.56. The fourth-order valence-electron chi connectivity index (χ4n) is 2.54. The fourth-order valence-corrected chi connectivity index (χ4v) is 4.02. The van der Waals surface area contributed by atoms with Crippen LogP contribution in [0.25, 0.3) is 0 Å². The normalized spacial score (nSPS) is 11.5. The minimum absolute atomic E-state index is 0.0902. The van der Waals surface area contributed by atoms with Crippen molar-refractivity contribution < 1.29 is 13.2 Å². The van der Waals surface area contributed by atoms with Crippen molar-refractivity contribution in [1.29, 1.82) is 0 Å². The Morgan fingerprint density at radius 1 is 1.04 bits per heavy atom. The quantitative estimate of drug-likeness (QED) is 0.585. The van der Waals surface area contributed by atoms with Crippen LogP contribution in [0.5, 0.6) is 0 Å². The Morgan fingerprint density at radius 3 is 2.22 bits per heavy atom. The van der Waals surface area contributed by atoms with Crippen molar-refractivity contribution in [3.8, 4) is 0 Å². The molecule has 0 aliphatic carbocycles. The van der Waals surface area contributed by atoms with Crippen LogP contribution in [0.2, 0.25) is 0 Å². The van der Waals surface area contributed by atoms with E-state index in [4.69, 9.17) is 0 Å². The molecule has 3 N–H and O–H groups in total. The monoisotopic (exact) mass is 341 g/mol. The van der Waals surface area contributed by atoms with Crippen LogP contribution >= 0.6 is 0 Å². The lowest BCUT2D eigenvalue weighted by Gasteiger charge is -2.13. The molecule has 0 spiro atoms. The molecule has 7 heteroatoms. The van der Waals surface area contributed by atoms with E-state index in [1.54, 1.807) is 13.8 Å². The maximum atomic E-state index is 12.4. The molecule has 0 saturated carbocycles. The second-order valence-corrected chi connectivity index (χ2v) is 7.39. The Labute approximate surface area is 139 Å². The molecular weight excluding hydrogens is 314 g/mol. The van der Waals surface area contributed by atoms with E-state index in [-0.39, 0.29) is 18.9 Å². The molecular formula is C16H27N3O3S.